The highest BCUT2D eigenvalue weighted by molar-refractivity contribution is 6.02. The lowest BCUT2D eigenvalue weighted by Gasteiger charge is -2.27. The van der Waals surface area contributed by atoms with Gasteiger partial charge in [0.1, 0.15) is 0 Å². The van der Waals surface area contributed by atoms with Crippen LogP contribution >= 0.6 is 0 Å². The van der Waals surface area contributed by atoms with Crippen LogP contribution in [0.3, 0.4) is 0 Å². The van der Waals surface area contributed by atoms with Gasteiger partial charge >= 0.3 is 11.7 Å². The van der Waals surface area contributed by atoms with Gasteiger partial charge in [-0.2, -0.15) is 0 Å². The number of hydrogen-bond donors (Lipinski definition) is 3. The Labute approximate surface area is 208 Å². The fourth-order valence-electron chi connectivity index (χ4n) is 4.58. The first kappa shape index (κ1) is 25.3. The van der Waals surface area contributed by atoms with E-state index in [0.717, 1.165) is 37.0 Å². The molecule has 1 fully saturated rings. The van der Waals surface area contributed by atoms with Crippen LogP contribution in [0.5, 0.6) is 0 Å². The van der Waals surface area contributed by atoms with Gasteiger partial charge in [-0.15, -0.1) is 0 Å². The zero-order valence-corrected chi connectivity index (χ0v) is 20.5. The van der Waals surface area contributed by atoms with Crippen LogP contribution in [0.25, 0.3) is 10.9 Å². The molecular formula is C26H32N6O4. The molecule has 0 saturated carbocycles. The summed E-state index contributed by atoms with van der Waals surface area (Å²) in [4.78, 5) is 52.8. The standard InChI is InChI=1S/C26H32N6O4/c1-18(33)19-6-5-7-20(16-19)28-25(35)29-21-8-9-23-22(17-21)24(34)32(13-10-27)26(36)31(23)15-14-30-11-3-2-4-12-30/h5-9,16-17H,2-4,10-15,27H2,1H3,(H2,28,29,35). The van der Waals surface area contributed by atoms with Crippen LogP contribution < -0.4 is 27.6 Å². The van der Waals surface area contributed by atoms with E-state index in [1.54, 1.807) is 47.0 Å². The van der Waals surface area contributed by atoms with Crippen molar-refractivity contribution in [2.24, 2.45) is 5.73 Å². The number of ketones is 1. The van der Waals surface area contributed by atoms with Gasteiger partial charge in [-0.1, -0.05) is 18.6 Å². The van der Waals surface area contributed by atoms with Crippen LogP contribution in [0, 0.1) is 0 Å². The van der Waals surface area contributed by atoms with Crippen LogP contribution in [0.15, 0.2) is 52.1 Å². The first-order valence-electron chi connectivity index (χ1n) is 12.3. The Hall–Kier alpha value is -3.76. The molecule has 4 rings (SSSR count). The molecule has 0 unspecified atom stereocenters. The molecule has 10 nitrogen and oxygen atoms in total. The third-order valence-electron chi connectivity index (χ3n) is 6.45. The number of nitrogens with two attached hydrogens (primary N) is 1. The molecule has 0 atom stereocenters. The molecule has 2 aromatic carbocycles. The number of hydrogen-bond acceptors (Lipinski definition) is 6. The van der Waals surface area contributed by atoms with Gasteiger partial charge in [0.05, 0.1) is 10.9 Å². The van der Waals surface area contributed by atoms with Gasteiger partial charge in [-0.25, -0.2) is 9.59 Å². The van der Waals surface area contributed by atoms with Crippen LogP contribution in [-0.4, -0.2) is 52.0 Å². The van der Waals surface area contributed by atoms with Crippen molar-refractivity contribution in [1.82, 2.24) is 14.0 Å². The summed E-state index contributed by atoms with van der Waals surface area (Å²) in [7, 11) is 0. The van der Waals surface area contributed by atoms with Crippen LogP contribution in [0.1, 0.15) is 36.5 Å². The third kappa shape index (κ3) is 5.72. The first-order chi connectivity index (χ1) is 17.4. The fraction of sp³-hybridized carbons (Fsp3) is 0.385. The minimum Gasteiger partial charge on any atom is -0.329 e. The Morgan fingerprint density at radius 3 is 2.31 bits per heavy atom. The van der Waals surface area contributed by atoms with Gasteiger partial charge in [0, 0.05) is 43.1 Å². The van der Waals surface area contributed by atoms with Gasteiger partial charge in [0.15, 0.2) is 5.78 Å². The van der Waals surface area contributed by atoms with Gasteiger partial charge in [-0.05, 0) is 63.2 Å². The molecule has 36 heavy (non-hydrogen) atoms. The predicted molar refractivity (Wildman–Crippen MR) is 141 cm³/mol. The van der Waals surface area contributed by atoms with Gasteiger partial charge in [-0.3, -0.25) is 18.7 Å². The van der Waals surface area contributed by atoms with Crippen molar-refractivity contribution in [2.75, 3.05) is 36.8 Å². The summed E-state index contributed by atoms with van der Waals surface area (Å²) < 4.78 is 2.79. The molecule has 1 aliphatic rings. The number of amides is 2. The highest BCUT2D eigenvalue weighted by Gasteiger charge is 2.16. The number of Topliss-reactive ketones (excluding diaryl/α,β-unsaturated/α-hetero) is 1. The minimum atomic E-state index is -0.518. The summed E-state index contributed by atoms with van der Waals surface area (Å²) >= 11 is 0. The van der Waals surface area contributed by atoms with Crippen molar-refractivity contribution >= 4 is 34.1 Å². The van der Waals surface area contributed by atoms with E-state index < -0.39 is 11.6 Å². The Morgan fingerprint density at radius 1 is 0.889 bits per heavy atom. The lowest BCUT2D eigenvalue weighted by atomic mass is 10.1. The number of rotatable bonds is 8. The summed E-state index contributed by atoms with van der Waals surface area (Å²) in [6.07, 6.45) is 3.53. The SMILES string of the molecule is CC(=O)c1cccc(NC(=O)Nc2ccc3c(c2)c(=O)n(CCN)c(=O)n3CCN2CCCCC2)c1. The van der Waals surface area contributed by atoms with E-state index in [1.165, 1.54) is 13.3 Å². The van der Waals surface area contributed by atoms with Crippen LogP contribution in [0.2, 0.25) is 0 Å². The van der Waals surface area contributed by atoms with Crippen LogP contribution in [0.4, 0.5) is 16.2 Å². The fourth-order valence-corrected chi connectivity index (χ4v) is 4.58. The second kappa shape index (κ2) is 11.3. The molecule has 0 bridgehead atoms. The van der Waals surface area contributed by atoms with Crippen molar-refractivity contribution in [3.05, 3.63) is 68.9 Å². The molecule has 2 amide bonds. The normalized spacial score (nSPS) is 14.1. The number of fused-ring (bicyclic) bond motifs is 1. The van der Waals surface area contributed by atoms with Gasteiger partial charge in [0.25, 0.3) is 5.56 Å². The van der Waals surface area contributed by atoms with Crippen molar-refractivity contribution in [1.29, 1.82) is 0 Å². The smallest absolute Gasteiger partial charge is 0.329 e. The highest BCUT2D eigenvalue weighted by Crippen LogP contribution is 2.18. The predicted octanol–water partition coefficient (Wildman–Crippen LogP) is 2.45. The average Bonchev–Trinajstić information content (AvgIpc) is 2.87. The van der Waals surface area contributed by atoms with E-state index in [4.69, 9.17) is 5.73 Å². The van der Waals surface area contributed by atoms with Crippen molar-refractivity contribution in [2.45, 2.75) is 39.3 Å². The highest BCUT2D eigenvalue weighted by atomic mass is 16.2. The van der Waals surface area contributed by atoms with E-state index in [-0.39, 0.29) is 24.6 Å². The molecule has 190 valence electrons. The number of nitrogens with one attached hydrogen (secondary N) is 2. The maximum atomic E-state index is 13.2. The summed E-state index contributed by atoms with van der Waals surface area (Å²) in [6.45, 7) is 4.92. The van der Waals surface area contributed by atoms with E-state index in [9.17, 15) is 19.2 Å². The molecule has 0 radical (unpaired) electrons. The summed E-state index contributed by atoms with van der Waals surface area (Å²) in [6, 6.07) is 11.0. The largest absolute Gasteiger partial charge is 0.331 e. The summed E-state index contributed by atoms with van der Waals surface area (Å²) in [5.74, 6) is -0.103. The number of nitrogens with zero attached hydrogens (tertiary/aromatic N) is 3. The van der Waals surface area contributed by atoms with E-state index in [0.29, 0.717) is 34.4 Å². The Balaban J connectivity index is 1.61. The number of anilines is 2. The zero-order chi connectivity index (χ0) is 25.7. The molecule has 4 N–H and O–H groups in total. The zero-order valence-electron chi connectivity index (χ0n) is 20.5. The Bertz CT molecular complexity index is 1390. The number of benzene rings is 2. The Kier molecular flexibility index (Phi) is 7.97. The van der Waals surface area contributed by atoms with Gasteiger partial charge < -0.3 is 21.3 Å². The van der Waals surface area contributed by atoms with E-state index >= 15 is 0 Å². The molecular weight excluding hydrogens is 460 g/mol. The molecule has 2 heterocycles. The molecule has 0 aliphatic carbocycles. The van der Waals surface area contributed by atoms with Crippen LogP contribution in [-0.2, 0) is 13.1 Å². The van der Waals surface area contributed by atoms with Crippen molar-refractivity contribution in [3.63, 3.8) is 0 Å². The lowest BCUT2D eigenvalue weighted by Crippen LogP contribution is -2.43. The van der Waals surface area contributed by atoms with Crippen molar-refractivity contribution < 1.29 is 9.59 Å². The number of aromatic nitrogens is 2. The maximum Gasteiger partial charge on any atom is 0.331 e. The van der Waals surface area contributed by atoms with Gasteiger partial charge in [0.2, 0.25) is 0 Å². The van der Waals surface area contributed by atoms with E-state index in [2.05, 4.69) is 15.5 Å². The topological polar surface area (TPSA) is 131 Å². The molecule has 1 aromatic heterocycles. The lowest BCUT2D eigenvalue weighted by molar-refractivity contribution is 0.101. The Morgan fingerprint density at radius 2 is 1.61 bits per heavy atom. The molecule has 1 aliphatic heterocycles. The monoisotopic (exact) mass is 492 g/mol. The molecule has 1 saturated heterocycles. The number of piperidine rings is 1. The molecule has 3 aromatic rings. The first-order valence-corrected chi connectivity index (χ1v) is 12.3. The summed E-state index contributed by atoms with van der Waals surface area (Å²) in [5.41, 5.74) is 6.75. The average molecular weight is 493 g/mol. The second-order valence-electron chi connectivity index (χ2n) is 9.03. The third-order valence-corrected chi connectivity index (χ3v) is 6.45. The number of carbonyl (C=O) groups is 2. The maximum absolute atomic E-state index is 13.2. The summed E-state index contributed by atoms with van der Waals surface area (Å²) in [5, 5.41) is 5.75. The molecule has 10 heteroatoms. The number of urea groups is 1. The number of likely N-dealkylation sites (tertiary alicyclic amines) is 1. The molecule has 0 spiro atoms. The minimum absolute atomic E-state index is 0.103. The van der Waals surface area contributed by atoms with Crippen molar-refractivity contribution in [3.8, 4) is 0 Å². The van der Waals surface area contributed by atoms with E-state index in [1.807, 2.05) is 0 Å². The second-order valence-corrected chi connectivity index (χ2v) is 9.03. The number of carbonyl (C=O) groups excluding carboxylic acids is 2. The quantitative estimate of drug-likeness (QED) is 0.414.